The molecule has 1 aliphatic rings. The molecule has 1 aliphatic heterocycles. The minimum Gasteiger partial charge on any atom is -0.378 e. The largest absolute Gasteiger partial charge is 0.378 e. The second-order valence-electron chi connectivity index (χ2n) is 6.74. The van der Waals surface area contributed by atoms with E-state index in [-0.39, 0.29) is 5.75 Å². The predicted octanol–water partition coefficient (Wildman–Crippen LogP) is 2.19. The molecule has 0 bridgehead atoms. The standard InChI is InChI=1S/C19H26N6O3S/c1-4-25-18(24-7-9-28-10-8-24)22-23-19(25)29-12-16(26)21-17(27)20-15-6-5-13(2)11-14(15)3/h5-6,11H,4,7-10,12H2,1-3H3,(H2,20,21,26,27). The molecule has 3 amide bonds. The molecule has 0 unspecified atom stereocenters. The number of carbonyl (C=O) groups excluding carboxylic acids is 2. The van der Waals surface area contributed by atoms with Crippen molar-refractivity contribution in [3.8, 4) is 0 Å². The summed E-state index contributed by atoms with van der Waals surface area (Å²) in [5, 5.41) is 14.2. The van der Waals surface area contributed by atoms with Gasteiger partial charge in [0.2, 0.25) is 11.9 Å². The second kappa shape index (κ2) is 9.75. The fourth-order valence-electron chi connectivity index (χ4n) is 3.06. The highest BCUT2D eigenvalue weighted by Crippen LogP contribution is 2.22. The van der Waals surface area contributed by atoms with Crippen molar-refractivity contribution in [1.29, 1.82) is 0 Å². The lowest BCUT2D eigenvalue weighted by atomic mass is 10.1. The van der Waals surface area contributed by atoms with Gasteiger partial charge < -0.3 is 15.0 Å². The predicted molar refractivity (Wildman–Crippen MR) is 113 cm³/mol. The first-order valence-corrected chi connectivity index (χ1v) is 10.5. The number of aryl methyl sites for hydroxylation is 2. The van der Waals surface area contributed by atoms with E-state index in [2.05, 4.69) is 25.7 Å². The first-order valence-electron chi connectivity index (χ1n) is 9.54. The molecule has 156 valence electrons. The lowest BCUT2D eigenvalue weighted by Gasteiger charge is -2.27. The van der Waals surface area contributed by atoms with Crippen molar-refractivity contribution < 1.29 is 14.3 Å². The molecule has 9 nitrogen and oxygen atoms in total. The Labute approximate surface area is 174 Å². The molecule has 1 fully saturated rings. The molecule has 1 aromatic carbocycles. The number of carbonyl (C=O) groups is 2. The van der Waals surface area contributed by atoms with E-state index in [4.69, 9.17) is 4.74 Å². The third-order valence-corrected chi connectivity index (χ3v) is 5.49. The quantitative estimate of drug-likeness (QED) is 0.694. The average Bonchev–Trinajstić information content (AvgIpc) is 3.12. The molecule has 2 heterocycles. The van der Waals surface area contributed by atoms with Crippen LogP contribution in [0.25, 0.3) is 0 Å². The summed E-state index contributed by atoms with van der Waals surface area (Å²) in [4.78, 5) is 26.4. The molecule has 2 aromatic rings. The van der Waals surface area contributed by atoms with Crippen molar-refractivity contribution in [2.24, 2.45) is 0 Å². The minimum absolute atomic E-state index is 0.0710. The lowest BCUT2D eigenvalue weighted by Crippen LogP contribution is -2.38. The summed E-state index contributed by atoms with van der Waals surface area (Å²) in [5.41, 5.74) is 2.72. The first-order chi connectivity index (χ1) is 14.0. The molecule has 1 aromatic heterocycles. The Hall–Kier alpha value is -2.59. The van der Waals surface area contributed by atoms with Gasteiger partial charge in [0.1, 0.15) is 0 Å². The van der Waals surface area contributed by atoms with Crippen molar-refractivity contribution in [3.05, 3.63) is 29.3 Å². The zero-order valence-corrected chi connectivity index (χ0v) is 17.7. The summed E-state index contributed by atoms with van der Waals surface area (Å²) < 4.78 is 7.35. The number of urea groups is 1. The Bertz CT molecular complexity index is 879. The number of amides is 3. The van der Waals surface area contributed by atoms with Crippen LogP contribution in [0.1, 0.15) is 18.1 Å². The van der Waals surface area contributed by atoms with Crippen LogP contribution in [0.4, 0.5) is 16.4 Å². The number of nitrogens with zero attached hydrogens (tertiary/aromatic N) is 4. The maximum Gasteiger partial charge on any atom is 0.325 e. The number of morpholine rings is 1. The summed E-state index contributed by atoms with van der Waals surface area (Å²) in [5.74, 6) is 0.462. The summed E-state index contributed by atoms with van der Waals surface area (Å²) >= 11 is 1.26. The Morgan fingerprint density at radius 3 is 2.66 bits per heavy atom. The number of imide groups is 1. The van der Waals surface area contributed by atoms with E-state index < -0.39 is 11.9 Å². The van der Waals surface area contributed by atoms with Gasteiger partial charge in [-0.05, 0) is 32.4 Å². The van der Waals surface area contributed by atoms with E-state index in [0.29, 0.717) is 30.6 Å². The SMILES string of the molecule is CCn1c(SCC(=O)NC(=O)Nc2ccc(C)cc2C)nnc1N1CCOCC1. The van der Waals surface area contributed by atoms with Crippen molar-refractivity contribution in [2.75, 3.05) is 42.3 Å². The third-order valence-electron chi connectivity index (χ3n) is 4.52. The van der Waals surface area contributed by atoms with Crippen LogP contribution in [0.3, 0.4) is 0 Å². The van der Waals surface area contributed by atoms with Gasteiger partial charge in [-0.2, -0.15) is 0 Å². The molecular weight excluding hydrogens is 392 g/mol. The number of hydrogen-bond acceptors (Lipinski definition) is 7. The molecule has 0 spiro atoms. The fourth-order valence-corrected chi connectivity index (χ4v) is 3.86. The van der Waals surface area contributed by atoms with Gasteiger partial charge in [0, 0.05) is 25.3 Å². The minimum atomic E-state index is -0.548. The highest BCUT2D eigenvalue weighted by Gasteiger charge is 2.20. The van der Waals surface area contributed by atoms with Crippen molar-refractivity contribution in [1.82, 2.24) is 20.1 Å². The molecule has 29 heavy (non-hydrogen) atoms. The first kappa shape index (κ1) is 21.1. The van der Waals surface area contributed by atoms with Gasteiger partial charge in [-0.25, -0.2) is 4.79 Å². The van der Waals surface area contributed by atoms with Crippen LogP contribution < -0.4 is 15.5 Å². The number of anilines is 2. The van der Waals surface area contributed by atoms with Crippen molar-refractivity contribution in [3.63, 3.8) is 0 Å². The summed E-state index contributed by atoms with van der Waals surface area (Å²) in [6.07, 6.45) is 0. The van der Waals surface area contributed by atoms with Gasteiger partial charge in [0.05, 0.1) is 19.0 Å². The number of rotatable bonds is 6. The molecule has 1 saturated heterocycles. The third kappa shape index (κ3) is 5.48. The number of thioether (sulfide) groups is 1. The van der Waals surface area contributed by atoms with E-state index in [1.54, 1.807) is 0 Å². The number of ether oxygens (including phenoxy) is 1. The number of hydrogen-bond donors (Lipinski definition) is 2. The topological polar surface area (TPSA) is 101 Å². The molecule has 0 aliphatic carbocycles. The smallest absolute Gasteiger partial charge is 0.325 e. The monoisotopic (exact) mass is 418 g/mol. The van der Waals surface area contributed by atoms with Crippen LogP contribution in [-0.2, 0) is 16.1 Å². The normalized spacial score (nSPS) is 14.0. The maximum absolute atomic E-state index is 12.2. The average molecular weight is 419 g/mol. The zero-order valence-electron chi connectivity index (χ0n) is 16.9. The van der Waals surface area contributed by atoms with E-state index in [1.165, 1.54) is 11.8 Å². The Morgan fingerprint density at radius 1 is 1.21 bits per heavy atom. The van der Waals surface area contributed by atoms with Gasteiger partial charge in [-0.3, -0.25) is 14.7 Å². The van der Waals surface area contributed by atoms with E-state index in [1.807, 2.05) is 43.5 Å². The molecule has 0 saturated carbocycles. The van der Waals surface area contributed by atoms with E-state index in [0.717, 1.165) is 30.2 Å². The summed E-state index contributed by atoms with van der Waals surface area (Å²) in [7, 11) is 0. The van der Waals surface area contributed by atoms with Crippen LogP contribution in [0, 0.1) is 13.8 Å². The van der Waals surface area contributed by atoms with Crippen LogP contribution in [0.15, 0.2) is 23.4 Å². The van der Waals surface area contributed by atoms with E-state index in [9.17, 15) is 9.59 Å². The Morgan fingerprint density at radius 2 is 1.97 bits per heavy atom. The highest BCUT2D eigenvalue weighted by molar-refractivity contribution is 7.99. The van der Waals surface area contributed by atoms with Gasteiger partial charge in [0.15, 0.2) is 5.16 Å². The number of benzene rings is 1. The van der Waals surface area contributed by atoms with Gasteiger partial charge >= 0.3 is 6.03 Å². The van der Waals surface area contributed by atoms with Crippen LogP contribution in [-0.4, -0.2) is 58.8 Å². The van der Waals surface area contributed by atoms with Crippen molar-refractivity contribution in [2.45, 2.75) is 32.5 Å². The van der Waals surface area contributed by atoms with Gasteiger partial charge in [-0.1, -0.05) is 29.5 Å². The second-order valence-corrected chi connectivity index (χ2v) is 7.68. The summed E-state index contributed by atoms with van der Waals surface area (Å²) in [6, 6.07) is 5.15. The van der Waals surface area contributed by atoms with Gasteiger partial charge in [0.25, 0.3) is 0 Å². The Balaban J connectivity index is 1.53. The summed E-state index contributed by atoms with van der Waals surface area (Å²) in [6.45, 7) is 9.45. The molecule has 2 N–H and O–H groups in total. The zero-order chi connectivity index (χ0) is 20.8. The molecule has 10 heteroatoms. The number of nitrogens with one attached hydrogen (secondary N) is 2. The van der Waals surface area contributed by atoms with Crippen LogP contribution in [0.5, 0.6) is 0 Å². The molecule has 0 radical (unpaired) electrons. The fraction of sp³-hybridized carbons (Fsp3) is 0.474. The Kier molecular flexibility index (Phi) is 7.10. The number of aromatic nitrogens is 3. The maximum atomic E-state index is 12.2. The van der Waals surface area contributed by atoms with Crippen molar-refractivity contribution >= 4 is 35.3 Å². The molecular formula is C19H26N6O3S. The highest BCUT2D eigenvalue weighted by atomic mass is 32.2. The van der Waals surface area contributed by atoms with E-state index >= 15 is 0 Å². The van der Waals surface area contributed by atoms with Gasteiger partial charge in [-0.15, -0.1) is 10.2 Å². The molecule has 0 atom stereocenters. The van der Waals surface area contributed by atoms with Crippen LogP contribution in [0.2, 0.25) is 0 Å². The lowest BCUT2D eigenvalue weighted by molar-refractivity contribution is -0.117. The van der Waals surface area contributed by atoms with Crippen LogP contribution >= 0.6 is 11.8 Å². The molecule has 3 rings (SSSR count).